The van der Waals surface area contributed by atoms with E-state index < -0.39 is 112 Å². The van der Waals surface area contributed by atoms with Crippen LogP contribution in [0, 0.1) is 39.0 Å². The van der Waals surface area contributed by atoms with Crippen molar-refractivity contribution in [2.45, 2.75) is 136 Å². The molecule has 0 aliphatic carbocycles. The molecular formula is C111H105N7O23S2. The second-order valence-corrected chi connectivity index (χ2v) is 39.7. The van der Waals surface area contributed by atoms with Gasteiger partial charge in [-0.2, -0.15) is 5.26 Å². The Kier molecular flexibility index (Phi) is 25.7. The number of ether oxygens (including phenoxy) is 14. The Morgan fingerprint density at radius 2 is 0.811 bits per heavy atom. The zero-order valence-electron chi connectivity index (χ0n) is 80.1. The van der Waals surface area contributed by atoms with Gasteiger partial charge in [-0.25, -0.2) is 28.8 Å². The summed E-state index contributed by atoms with van der Waals surface area (Å²) in [5.74, 6) is 0.302. The molecule has 4 saturated heterocycles. The number of piperazine rings is 2. The van der Waals surface area contributed by atoms with Crippen molar-refractivity contribution in [3.05, 3.63) is 293 Å². The fourth-order valence-corrected chi connectivity index (χ4v) is 26.9. The number of rotatable bonds is 16. The summed E-state index contributed by atoms with van der Waals surface area (Å²) in [5, 5.41) is 52.1. The fraction of sp³-hybridized carbons (Fsp3) is 0.324. The first-order chi connectivity index (χ1) is 69.4. The van der Waals surface area contributed by atoms with Crippen LogP contribution in [0.2, 0.25) is 0 Å². The number of benzene rings is 10. The van der Waals surface area contributed by atoms with E-state index in [0.29, 0.717) is 129 Å². The van der Waals surface area contributed by atoms with Crippen LogP contribution in [0.15, 0.2) is 182 Å². The molecule has 32 heteroatoms. The molecule has 14 heterocycles. The molecule has 0 saturated carbocycles. The third kappa shape index (κ3) is 16.4. The Hall–Kier alpha value is -14.1. The molecule has 0 radical (unpaired) electrons. The highest BCUT2D eigenvalue weighted by atomic mass is 32.2. The standard InChI is InChI=1S/C56H52N4O11S.C55H53N3O12S/c1-30-22-35-23-37-38(26-57)60-39-27-67-55(64)56(36-25-41(65-4)40(61)24-34(36)20-21-58-56)28-72-54(46-45(39)52-51(68-29-69-52)31(2)50(46)70-42(62)18-16-32-12-8-6-9-13-32)48(60)47(59(37)3)44(35)53(49(30)66-5)71-43(63)19-17-33-14-10-7-11-15-33;1-29-22-34-23-36-53(62)58-37-26-66-54(63)55(35-25-39(64-4)38(59)24-33(35)20-21-56-55)27-71-52(44-43(37)50-49(67-28-68-50)30(2)48(44)69-40(60)18-16-31-12-8-6-9-13-31)46(58)45(57(36)3)42(34)51(47(29)65-5)70-41(61)19-17-32-14-10-7-11-15-32/h6-19,22,24-25,37-39,47-48,54,58,61H,20-21,23,27-29H2,1-5H3;6-19,22,24-25,36-37,45-46,52-53,56,59,62H,20-21,23,26-28H2,1-5H3/b2*18-16+,19-17+/t37-,38-,39-,47+,48?,54+,56+;36-,37-,45+,46?,52+,53-,55+/m00/s1. The second-order valence-electron chi connectivity index (χ2n) is 37.5. The number of phenols is 2. The molecule has 2 spiro atoms. The maximum Gasteiger partial charge on any atom is 0.336 e. The van der Waals surface area contributed by atoms with Gasteiger partial charge in [0.25, 0.3) is 0 Å². The molecule has 14 aliphatic heterocycles. The molecule has 10 aromatic rings. The van der Waals surface area contributed by atoms with Crippen LogP contribution in [0.1, 0.15) is 146 Å². The Morgan fingerprint density at radius 3 is 1.20 bits per heavy atom. The number of nitrogens with one attached hydrogen (secondary N) is 2. The van der Waals surface area contributed by atoms with Crippen LogP contribution in [-0.2, 0) is 75.0 Å². The number of phenolic OH excluding ortho intramolecular Hbond substituents is 2. The van der Waals surface area contributed by atoms with Gasteiger partial charge in [0.2, 0.25) is 13.6 Å². The van der Waals surface area contributed by atoms with E-state index in [1.165, 1.54) is 62.0 Å². The van der Waals surface area contributed by atoms with Gasteiger partial charge < -0.3 is 81.6 Å². The number of aliphatic hydroxyl groups is 1. The van der Waals surface area contributed by atoms with Gasteiger partial charge in [-0.15, -0.1) is 23.5 Å². The highest BCUT2D eigenvalue weighted by Crippen LogP contribution is 2.68. The number of esters is 6. The summed E-state index contributed by atoms with van der Waals surface area (Å²) in [6.07, 6.45) is 13.0. The molecule has 143 heavy (non-hydrogen) atoms. The summed E-state index contributed by atoms with van der Waals surface area (Å²) in [4.78, 5) is 95.3. The minimum absolute atomic E-state index is 0.0467. The van der Waals surface area contributed by atoms with Crippen LogP contribution in [0.4, 0.5) is 0 Å². The average molecular weight is 1970 g/mol. The predicted molar refractivity (Wildman–Crippen MR) is 531 cm³/mol. The van der Waals surface area contributed by atoms with E-state index in [1.54, 1.807) is 62.8 Å². The highest BCUT2D eigenvalue weighted by molar-refractivity contribution is 7.99. The molecule has 8 bridgehead atoms. The largest absolute Gasteiger partial charge is 0.504 e. The van der Waals surface area contributed by atoms with Crippen molar-refractivity contribution >= 4 is 83.6 Å². The van der Waals surface area contributed by atoms with E-state index in [-0.39, 0.29) is 90.3 Å². The van der Waals surface area contributed by atoms with Gasteiger partial charge in [-0.3, -0.25) is 30.2 Å². The van der Waals surface area contributed by atoms with Crippen molar-refractivity contribution in [3.63, 3.8) is 0 Å². The SMILES string of the molecule is COc1cc2c(cc1O)CCN[C@]21CS[C@@H]2c3c(OC(=O)/C=C/c4ccccc4)c(C)c4c(c3[C@H](COC1=O)N1C2[C@H]2c3c(cc(C)c(OC)c3OC(=O)/C=C/c3ccccc3)C[C@@H]([C@@H]1C#N)N2C)OCO4.COc1cc2c(cc1O)CCN[C@]21CS[C@@H]2c3c(OC(=O)/C=C/c4ccccc4)c(C)c4c(c3[C@H](COC1=O)N1C2[C@H]2c3c(cc(C)c(OC)c3OC(=O)/C=C/c3ccccc3)C[C@@H]([C@@H]1O)N2C)OCO4. The van der Waals surface area contributed by atoms with E-state index in [9.17, 15) is 39.8 Å². The average Bonchev–Trinajstić information content (AvgIpc) is 0.966. The lowest BCUT2D eigenvalue weighted by molar-refractivity contribution is -0.186. The lowest BCUT2D eigenvalue weighted by atomic mass is 9.71. The third-order valence-electron chi connectivity index (χ3n) is 29.8. The van der Waals surface area contributed by atoms with Crippen LogP contribution in [0.5, 0.6) is 80.5 Å². The van der Waals surface area contributed by atoms with Crippen molar-refractivity contribution in [3.8, 4) is 86.6 Å². The van der Waals surface area contributed by atoms with Gasteiger partial charge in [-0.05, 0) is 183 Å². The van der Waals surface area contributed by atoms with Gasteiger partial charge >= 0.3 is 35.8 Å². The zero-order valence-corrected chi connectivity index (χ0v) is 81.7. The van der Waals surface area contributed by atoms with Crippen LogP contribution < -0.4 is 67.5 Å². The van der Waals surface area contributed by atoms with Gasteiger partial charge in [0.1, 0.15) is 37.0 Å². The predicted octanol–water partition coefficient (Wildman–Crippen LogP) is 14.6. The fourth-order valence-electron chi connectivity index (χ4n) is 23.5. The van der Waals surface area contributed by atoms with E-state index in [2.05, 4.69) is 37.5 Å². The molecule has 5 N–H and O–H groups in total. The number of methoxy groups -OCH3 is 4. The lowest BCUT2D eigenvalue weighted by Gasteiger charge is -2.62. The number of thioether (sulfide) groups is 2. The van der Waals surface area contributed by atoms with Crippen molar-refractivity contribution < 1.29 is 110 Å². The van der Waals surface area contributed by atoms with Crippen molar-refractivity contribution in [2.24, 2.45) is 0 Å². The Bertz CT molecular complexity index is 7000. The maximum atomic E-state index is 15.2. The molecule has 0 aromatic heterocycles. The smallest absolute Gasteiger partial charge is 0.336 e. The van der Waals surface area contributed by atoms with Gasteiger partial charge in [0.15, 0.2) is 80.1 Å². The highest BCUT2D eigenvalue weighted by Gasteiger charge is 2.65. The molecule has 14 aliphatic rings. The molecule has 0 amide bonds. The molecule has 734 valence electrons. The van der Waals surface area contributed by atoms with E-state index in [4.69, 9.17) is 66.3 Å². The normalized spacial score (nSPS) is 25.1. The topological polar surface area (TPSA) is 353 Å². The van der Waals surface area contributed by atoms with Crippen molar-refractivity contribution in [1.82, 2.24) is 30.2 Å². The third-order valence-corrected chi connectivity index (χ3v) is 32.8. The first-order valence-corrected chi connectivity index (χ1v) is 49.5. The molecule has 14 atom stereocenters. The lowest BCUT2D eigenvalue weighted by Crippen LogP contribution is -2.70. The first kappa shape index (κ1) is 95.1. The molecule has 2 unspecified atom stereocenters. The summed E-state index contributed by atoms with van der Waals surface area (Å²) in [6, 6.07) is 45.3. The van der Waals surface area contributed by atoms with Gasteiger partial charge in [0, 0.05) is 112 Å². The summed E-state index contributed by atoms with van der Waals surface area (Å²) in [5.41, 5.74) is 11.2. The molecule has 24 rings (SSSR count). The van der Waals surface area contributed by atoms with Gasteiger partial charge in [0.05, 0.1) is 75.2 Å². The number of nitriles is 1. The molecular weight excluding hydrogens is 1860 g/mol. The van der Waals surface area contributed by atoms with E-state index in [0.717, 1.165) is 55.6 Å². The summed E-state index contributed by atoms with van der Waals surface area (Å²) >= 11 is 2.90. The Balaban J connectivity index is 0.000000169. The quantitative estimate of drug-likeness (QED) is 0.0341. The number of hydrogen-bond donors (Lipinski definition) is 5. The monoisotopic (exact) mass is 1970 g/mol. The molecule has 4 fully saturated rings. The number of fused-ring (bicyclic) bond motifs is 18. The number of aliphatic hydroxyl groups excluding tert-OH is 1. The zero-order chi connectivity index (χ0) is 99.3. The second kappa shape index (κ2) is 38.6. The van der Waals surface area contributed by atoms with Crippen molar-refractivity contribution in [2.75, 3.05) is 93.9 Å². The first-order valence-electron chi connectivity index (χ1n) is 47.4. The van der Waals surface area contributed by atoms with E-state index >= 15 is 9.59 Å². The van der Waals surface area contributed by atoms with Gasteiger partial charge in [-0.1, -0.05) is 133 Å². The van der Waals surface area contributed by atoms with Crippen molar-refractivity contribution in [1.29, 1.82) is 5.26 Å². The number of carbonyl (C=O) groups is 6. The number of carbonyl (C=O) groups excluding carboxylic acids is 6. The summed E-state index contributed by atoms with van der Waals surface area (Å²) in [7, 11) is 9.97. The van der Waals surface area contributed by atoms with Crippen LogP contribution >= 0.6 is 23.5 Å². The Labute approximate surface area is 833 Å². The van der Waals surface area contributed by atoms with Crippen LogP contribution in [0.3, 0.4) is 0 Å². The minimum Gasteiger partial charge on any atom is -0.504 e. The number of aryl methyl sites for hydroxylation is 2. The van der Waals surface area contributed by atoms with Crippen LogP contribution in [0.25, 0.3) is 24.3 Å². The molecule has 30 nitrogen and oxygen atoms in total. The van der Waals surface area contributed by atoms with E-state index in [1.807, 2.05) is 174 Å². The number of nitrogens with zero attached hydrogens (tertiary/aromatic N) is 5. The number of likely N-dealkylation sites (N-methyl/N-ethyl adjacent to an activating group) is 2. The Morgan fingerprint density at radius 1 is 0.448 bits per heavy atom. The maximum absolute atomic E-state index is 15.2. The number of hydrogen-bond acceptors (Lipinski definition) is 32. The number of aromatic hydroxyl groups is 2. The summed E-state index contributed by atoms with van der Waals surface area (Å²) < 4.78 is 87.7. The van der Waals surface area contributed by atoms with Crippen LogP contribution in [-0.4, -0.2) is 201 Å². The summed E-state index contributed by atoms with van der Waals surface area (Å²) in [6.45, 7) is 7.53. The molecule has 10 aromatic carbocycles. The minimum atomic E-state index is -1.45.